The maximum atomic E-state index is 6.58. The second-order valence-electron chi connectivity index (χ2n) is 10.2. The average molecular weight is 556 g/mol. The summed E-state index contributed by atoms with van der Waals surface area (Å²) in [5, 5.41) is 4.02. The minimum Gasteiger partial charge on any atom is -0.438 e. The molecule has 0 N–H and O–H groups in total. The molecule has 0 fully saturated rings. The Balaban J connectivity index is 1.46. The highest BCUT2D eigenvalue weighted by atomic mass is 32.1. The summed E-state index contributed by atoms with van der Waals surface area (Å²) in [6.45, 7) is 10.4. The molecule has 0 atom stereocenters. The maximum absolute atomic E-state index is 6.58. The van der Waals surface area contributed by atoms with E-state index in [1.807, 2.05) is 18.2 Å². The van der Waals surface area contributed by atoms with E-state index in [-0.39, 0.29) is 0 Å². The Hall–Kier alpha value is -4.48. The molecule has 6 rings (SSSR count). The van der Waals surface area contributed by atoms with Crippen molar-refractivity contribution in [1.29, 1.82) is 0 Å². The minimum atomic E-state index is 0.572. The van der Waals surface area contributed by atoms with Crippen LogP contribution in [0.5, 0.6) is 0 Å². The summed E-state index contributed by atoms with van der Waals surface area (Å²) < 4.78 is 6.58. The summed E-state index contributed by atoms with van der Waals surface area (Å²) in [5.74, 6) is 0. The van der Waals surface area contributed by atoms with E-state index in [0.717, 1.165) is 62.8 Å². The minimum absolute atomic E-state index is 0.572. The van der Waals surface area contributed by atoms with E-state index >= 15 is 0 Å². The fraction of sp³-hybridized carbons (Fsp3) is 0.167. The molecule has 0 aliphatic rings. The topological polar surface area (TPSA) is 41.6 Å². The smallest absolute Gasteiger partial charge is 0.230 e. The molecule has 6 aromatic rings. The highest BCUT2D eigenvalue weighted by Gasteiger charge is 2.14. The second-order valence-corrected chi connectivity index (χ2v) is 11.0. The van der Waals surface area contributed by atoms with Gasteiger partial charge in [0.2, 0.25) is 5.55 Å². The molecule has 4 aromatic carbocycles. The third-order valence-corrected chi connectivity index (χ3v) is 8.56. The molecule has 204 valence electrons. The van der Waals surface area contributed by atoms with Crippen LogP contribution in [0.3, 0.4) is 0 Å². The Labute approximate surface area is 245 Å². The zero-order valence-electron chi connectivity index (χ0n) is 23.9. The molecule has 41 heavy (non-hydrogen) atoms. The van der Waals surface area contributed by atoms with Crippen molar-refractivity contribution in [1.82, 2.24) is 4.98 Å². The van der Waals surface area contributed by atoms with Gasteiger partial charge in [-0.25, -0.2) is 9.98 Å². The van der Waals surface area contributed by atoms with E-state index < -0.39 is 0 Å². The van der Waals surface area contributed by atoms with Gasteiger partial charge in [-0.05, 0) is 74.2 Å². The van der Waals surface area contributed by atoms with Gasteiger partial charge in [0.15, 0.2) is 0 Å². The molecule has 0 bridgehead atoms. The van der Waals surface area contributed by atoms with Crippen molar-refractivity contribution in [2.75, 3.05) is 18.0 Å². The summed E-state index contributed by atoms with van der Waals surface area (Å²) in [6, 6.07) is 33.8. The number of aromatic nitrogens is 1. The predicted molar refractivity (Wildman–Crippen MR) is 173 cm³/mol. The molecule has 0 aliphatic heterocycles. The van der Waals surface area contributed by atoms with E-state index in [4.69, 9.17) is 14.4 Å². The Morgan fingerprint density at radius 1 is 0.780 bits per heavy atom. The number of hydrogen-bond acceptors (Lipinski definition) is 5. The number of hydrogen-bond donors (Lipinski definition) is 0. The van der Waals surface area contributed by atoms with Gasteiger partial charge in [-0.1, -0.05) is 66.7 Å². The highest BCUT2D eigenvalue weighted by molar-refractivity contribution is 7.13. The summed E-state index contributed by atoms with van der Waals surface area (Å²) in [6.07, 6.45) is 0. The first-order chi connectivity index (χ1) is 20.0. The summed E-state index contributed by atoms with van der Waals surface area (Å²) in [5.41, 5.74) is 11.1. The molecular formula is C36H33N3OS. The van der Waals surface area contributed by atoms with Crippen molar-refractivity contribution < 1.29 is 4.42 Å². The Morgan fingerprint density at radius 2 is 1.51 bits per heavy atom. The van der Waals surface area contributed by atoms with Crippen molar-refractivity contribution in [2.24, 2.45) is 4.99 Å². The van der Waals surface area contributed by atoms with E-state index in [1.54, 1.807) is 11.3 Å². The number of anilines is 1. The molecule has 0 aliphatic carbocycles. The predicted octanol–water partition coefficient (Wildman–Crippen LogP) is 9.59. The quantitative estimate of drug-likeness (QED) is 0.197. The number of benzene rings is 4. The Kier molecular flexibility index (Phi) is 7.53. The fourth-order valence-electron chi connectivity index (χ4n) is 5.09. The lowest BCUT2D eigenvalue weighted by atomic mass is 10.0. The van der Waals surface area contributed by atoms with Gasteiger partial charge in [-0.3, -0.25) is 0 Å². The molecule has 5 heteroatoms. The zero-order valence-corrected chi connectivity index (χ0v) is 24.7. The number of fused-ring (bicyclic) bond motifs is 1. The van der Waals surface area contributed by atoms with Crippen LogP contribution in [0, 0.1) is 13.8 Å². The van der Waals surface area contributed by atoms with Crippen LogP contribution in [0.1, 0.15) is 25.0 Å². The van der Waals surface area contributed by atoms with Gasteiger partial charge in [-0.2, -0.15) is 0 Å². The molecule has 0 spiro atoms. The van der Waals surface area contributed by atoms with E-state index in [2.05, 4.69) is 117 Å². The van der Waals surface area contributed by atoms with Gasteiger partial charge in [0.05, 0.1) is 16.9 Å². The SMILES string of the molecule is CCN(CC)c1ccc2cc(-c3nc(-c4ccc(-c5ccccc5)cc4)cs3)c(=Nc3cccc(C)c3C)oc2c1. The van der Waals surface area contributed by atoms with Gasteiger partial charge in [0.25, 0.3) is 0 Å². The van der Waals surface area contributed by atoms with Crippen molar-refractivity contribution in [3.63, 3.8) is 0 Å². The van der Waals surface area contributed by atoms with Gasteiger partial charge >= 0.3 is 0 Å². The van der Waals surface area contributed by atoms with Crippen molar-refractivity contribution in [2.45, 2.75) is 27.7 Å². The van der Waals surface area contributed by atoms with Gasteiger partial charge in [0, 0.05) is 41.2 Å². The normalized spacial score (nSPS) is 11.8. The molecule has 0 radical (unpaired) electrons. The van der Waals surface area contributed by atoms with Gasteiger partial charge < -0.3 is 9.32 Å². The van der Waals surface area contributed by atoms with Crippen molar-refractivity contribution >= 4 is 33.7 Å². The first-order valence-electron chi connectivity index (χ1n) is 14.1. The van der Waals surface area contributed by atoms with Crippen LogP contribution < -0.4 is 10.5 Å². The van der Waals surface area contributed by atoms with Crippen LogP contribution in [0.2, 0.25) is 0 Å². The van der Waals surface area contributed by atoms with Crippen LogP contribution in [0.25, 0.3) is 43.9 Å². The molecule has 0 unspecified atom stereocenters. The lowest BCUT2D eigenvalue weighted by Gasteiger charge is -2.21. The summed E-state index contributed by atoms with van der Waals surface area (Å²) in [4.78, 5) is 12.4. The third kappa shape index (κ3) is 5.46. The molecule has 0 saturated heterocycles. The molecular weight excluding hydrogens is 522 g/mol. The number of nitrogens with zero attached hydrogens (tertiary/aromatic N) is 3. The van der Waals surface area contributed by atoms with Gasteiger partial charge in [0.1, 0.15) is 10.6 Å². The fourth-order valence-corrected chi connectivity index (χ4v) is 5.93. The molecule has 2 heterocycles. The van der Waals surface area contributed by atoms with Crippen LogP contribution in [-0.2, 0) is 0 Å². The van der Waals surface area contributed by atoms with Crippen LogP contribution in [-0.4, -0.2) is 18.1 Å². The lowest BCUT2D eigenvalue weighted by molar-refractivity contribution is 0.547. The summed E-state index contributed by atoms with van der Waals surface area (Å²) in [7, 11) is 0. The lowest BCUT2D eigenvalue weighted by Crippen LogP contribution is -2.21. The maximum Gasteiger partial charge on any atom is 0.230 e. The van der Waals surface area contributed by atoms with Crippen molar-refractivity contribution in [3.05, 3.63) is 119 Å². The van der Waals surface area contributed by atoms with Gasteiger partial charge in [-0.15, -0.1) is 11.3 Å². The van der Waals surface area contributed by atoms with Crippen molar-refractivity contribution in [3.8, 4) is 33.0 Å². The Bertz CT molecular complexity index is 1880. The standard InChI is InChI=1S/C36H33N3OS/c1-5-39(6-2)30-20-19-29-21-31(35(40-34(29)22-30)37-32-14-10-11-24(3)25(32)4)36-38-33(23-41-36)28-17-15-27(16-18-28)26-12-8-7-9-13-26/h7-23H,5-6H2,1-4H3. The molecule has 2 aromatic heterocycles. The Morgan fingerprint density at radius 3 is 2.27 bits per heavy atom. The number of rotatable bonds is 7. The monoisotopic (exact) mass is 555 g/mol. The van der Waals surface area contributed by atoms with Crippen LogP contribution in [0.4, 0.5) is 11.4 Å². The number of aryl methyl sites for hydroxylation is 1. The van der Waals surface area contributed by atoms with Crippen LogP contribution in [0.15, 0.2) is 112 Å². The largest absolute Gasteiger partial charge is 0.438 e. The first kappa shape index (κ1) is 26.7. The second kappa shape index (κ2) is 11.6. The van der Waals surface area contributed by atoms with E-state index in [0.29, 0.717) is 5.55 Å². The van der Waals surface area contributed by atoms with Crippen LogP contribution >= 0.6 is 11.3 Å². The van der Waals surface area contributed by atoms with E-state index in [9.17, 15) is 0 Å². The highest BCUT2D eigenvalue weighted by Crippen LogP contribution is 2.32. The molecule has 0 amide bonds. The summed E-state index contributed by atoms with van der Waals surface area (Å²) >= 11 is 1.61. The number of thiazole rings is 1. The zero-order chi connectivity index (χ0) is 28.3. The van der Waals surface area contributed by atoms with E-state index in [1.165, 1.54) is 16.7 Å². The molecule has 4 nitrogen and oxygen atoms in total. The molecule has 0 saturated carbocycles. The third-order valence-electron chi connectivity index (χ3n) is 7.68. The average Bonchev–Trinajstić information content (AvgIpc) is 3.50. The first-order valence-corrected chi connectivity index (χ1v) is 15.0.